The largest absolute Gasteiger partial charge is 0.480 e. The SMILES string of the molecule is CN(CC(=O)O)CC1CN(C(=O)N[C@H]2CCCc3c(F)cc(F)cc32)CCO1. The van der Waals surface area contributed by atoms with Crippen molar-refractivity contribution < 1.29 is 28.2 Å². The van der Waals surface area contributed by atoms with Gasteiger partial charge in [-0.15, -0.1) is 0 Å². The summed E-state index contributed by atoms with van der Waals surface area (Å²) >= 11 is 0. The molecule has 0 bridgehead atoms. The van der Waals surface area contributed by atoms with Crippen molar-refractivity contribution in [3.05, 3.63) is 34.9 Å². The topological polar surface area (TPSA) is 82.1 Å². The van der Waals surface area contributed by atoms with Crippen LogP contribution in [0, 0.1) is 11.6 Å². The number of hydrogen-bond donors (Lipinski definition) is 2. The molecule has 0 radical (unpaired) electrons. The van der Waals surface area contributed by atoms with Gasteiger partial charge >= 0.3 is 12.0 Å². The van der Waals surface area contributed by atoms with E-state index in [1.165, 1.54) is 6.07 Å². The molecular formula is C19H25F2N3O4. The number of carboxylic acids is 1. The van der Waals surface area contributed by atoms with Gasteiger partial charge in [-0.3, -0.25) is 9.69 Å². The first-order valence-electron chi connectivity index (χ1n) is 9.38. The molecule has 0 aromatic heterocycles. The van der Waals surface area contributed by atoms with Crippen LogP contribution in [0.5, 0.6) is 0 Å². The Morgan fingerprint density at radius 1 is 1.39 bits per heavy atom. The number of aliphatic carboxylic acids is 1. The van der Waals surface area contributed by atoms with Crippen molar-refractivity contribution in [2.24, 2.45) is 0 Å². The first kappa shape index (κ1) is 20.5. The molecule has 1 aliphatic carbocycles. The zero-order valence-corrected chi connectivity index (χ0v) is 15.8. The number of urea groups is 1. The van der Waals surface area contributed by atoms with Crippen LogP contribution in [0.25, 0.3) is 0 Å². The summed E-state index contributed by atoms with van der Waals surface area (Å²) in [6, 6.07) is 1.43. The van der Waals surface area contributed by atoms with Gasteiger partial charge in [0.15, 0.2) is 0 Å². The summed E-state index contributed by atoms with van der Waals surface area (Å²) in [5.74, 6) is -2.14. The van der Waals surface area contributed by atoms with E-state index in [2.05, 4.69) is 5.32 Å². The molecule has 1 heterocycles. The van der Waals surface area contributed by atoms with E-state index >= 15 is 0 Å². The number of hydrogen-bond acceptors (Lipinski definition) is 4. The molecule has 1 saturated heterocycles. The Balaban J connectivity index is 1.62. The monoisotopic (exact) mass is 397 g/mol. The number of morpholine rings is 1. The Morgan fingerprint density at radius 2 is 2.18 bits per heavy atom. The van der Waals surface area contributed by atoms with Crippen LogP contribution in [0.2, 0.25) is 0 Å². The van der Waals surface area contributed by atoms with Crippen LogP contribution in [0.3, 0.4) is 0 Å². The number of benzene rings is 1. The predicted octanol–water partition coefficient (Wildman–Crippen LogP) is 1.77. The Morgan fingerprint density at radius 3 is 2.93 bits per heavy atom. The molecule has 1 fully saturated rings. The molecule has 0 spiro atoms. The van der Waals surface area contributed by atoms with Gasteiger partial charge in [-0.05, 0) is 43.5 Å². The number of nitrogens with one attached hydrogen (secondary N) is 1. The predicted molar refractivity (Wildman–Crippen MR) is 97.0 cm³/mol. The van der Waals surface area contributed by atoms with Gasteiger partial charge in [-0.25, -0.2) is 13.6 Å². The van der Waals surface area contributed by atoms with E-state index in [9.17, 15) is 18.4 Å². The van der Waals surface area contributed by atoms with Crippen LogP contribution in [0.15, 0.2) is 12.1 Å². The van der Waals surface area contributed by atoms with Crippen LogP contribution in [-0.4, -0.2) is 72.8 Å². The third kappa shape index (κ3) is 4.96. The number of carbonyl (C=O) groups excluding carboxylic acids is 1. The molecule has 7 nitrogen and oxygen atoms in total. The lowest BCUT2D eigenvalue weighted by Gasteiger charge is -2.36. The molecule has 9 heteroatoms. The van der Waals surface area contributed by atoms with Gasteiger partial charge in [0.1, 0.15) is 11.6 Å². The van der Waals surface area contributed by atoms with Crippen molar-refractivity contribution in [1.29, 1.82) is 0 Å². The average molecular weight is 397 g/mol. The van der Waals surface area contributed by atoms with Crippen molar-refractivity contribution in [3.8, 4) is 0 Å². The van der Waals surface area contributed by atoms with Gasteiger partial charge in [-0.1, -0.05) is 0 Å². The Kier molecular flexibility index (Phi) is 6.46. The van der Waals surface area contributed by atoms with Crippen molar-refractivity contribution in [2.45, 2.75) is 31.4 Å². The molecule has 3 rings (SSSR count). The maximum atomic E-state index is 14.0. The highest BCUT2D eigenvalue weighted by atomic mass is 19.1. The summed E-state index contributed by atoms with van der Waals surface area (Å²) in [5, 5.41) is 11.7. The number of likely N-dealkylation sites (N-methyl/N-ethyl adjacent to an activating group) is 1. The molecule has 2 amide bonds. The number of nitrogens with zero attached hydrogens (tertiary/aromatic N) is 2. The molecule has 154 valence electrons. The average Bonchev–Trinajstić information content (AvgIpc) is 2.61. The molecule has 28 heavy (non-hydrogen) atoms. The van der Waals surface area contributed by atoms with Gasteiger partial charge < -0.3 is 20.1 Å². The summed E-state index contributed by atoms with van der Waals surface area (Å²) in [5.41, 5.74) is 0.969. The summed E-state index contributed by atoms with van der Waals surface area (Å²) in [6.45, 7) is 1.36. The van der Waals surface area contributed by atoms with Crippen molar-refractivity contribution in [2.75, 3.05) is 39.8 Å². The lowest BCUT2D eigenvalue weighted by Crippen LogP contribution is -2.53. The fraction of sp³-hybridized carbons (Fsp3) is 0.579. The minimum absolute atomic E-state index is 0.109. The summed E-state index contributed by atoms with van der Waals surface area (Å²) in [7, 11) is 1.68. The van der Waals surface area contributed by atoms with Crippen molar-refractivity contribution in [1.82, 2.24) is 15.1 Å². The molecule has 0 saturated carbocycles. The number of ether oxygens (including phenoxy) is 1. The standard InChI is InChI=1S/C19H25F2N3O4/c1-23(11-18(25)26)9-13-10-24(5-6-28-13)19(27)22-17-4-2-3-14-15(17)7-12(20)8-16(14)21/h7-8,13,17H,2-6,9-11H2,1H3,(H,22,27)(H,25,26)/t13?,17-/m0/s1. The Labute approximate surface area is 162 Å². The van der Waals surface area contributed by atoms with Crippen LogP contribution in [0.4, 0.5) is 13.6 Å². The quantitative estimate of drug-likeness (QED) is 0.792. The second-order valence-corrected chi connectivity index (χ2v) is 7.38. The maximum absolute atomic E-state index is 14.0. The number of amides is 2. The zero-order valence-electron chi connectivity index (χ0n) is 15.8. The fourth-order valence-corrected chi connectivity index (χ4v) is 3.88. The number of fused-ring (bicyclic) bond motifs is 1. The van der Waals surface area contributed by atoms with Gasteiger partial charge in [0.05, 0.1) is 25.3 Å². The highest BCUT2D eigenvalue weighted by Crippen LogP contribution is 2.32. The number of carboxylic acid groups (broad SMARTS) is 1. The van der Waals surface area contributed by atoms with Crippen molar-refractivity contribution >= 4 is 12.0 Å². The highest BCUT2D eigenvalue weighted by molar-refractivity contribution is 5.75. The molecule has 1 aromatic rings. The third-order valence-corrected chi connectivity index (χ3v) is 5.13. The first-order chi connectivity index (χ1) is 13.3. The van der Waals surface area contributed by atoms with Crippen LogP contribution in [-0.2, 0) is 16.0 Å². The van der Waals surface area contributed by atoms with E-state index in [1.54, 1.807) is 16.8 Å². The van der Waals surface area contributed by atoms with E-state index in [1.807, 2.05) is 0 Å². The normalized spacial score (nSPS) is 22.1. The van der Waals surface area contributed by atoms with Gasteiger partial charge in [0.25, 0.3) is 0 Å². The van der Waals surface area contributed by atoms with E-state index < -0.39 is 23.6 Å². The number of rotatable bonds is 5. The molecule has 1 unspecified atom stereocenters. The number of carbonyl (C=O) groups is 2. The van der Waals surface area contributed by atoms with Crippen LogP contribution in [0.1, 0.15) is 30.0 Å². The molecule has 2 N–H and O–H groups in total. The molecule has 2 atom stereocenters. The maximum Gasteiger partial charge on any atom is 0.318 e. The summed E-state index contributed by atoms with van der Waals surface area (Å²) < 4.78 is 33.3. The molecular weight excluding hydrogens is 372 g/mol. The van der Waals surface area contributed by atoms with Crippen LogP contribution < -0.4 is 5.32 Å². The minimum Gasteiger partial charge on any atom is -0.480 e. The van der Waals surface area contributed by atoms with Crippen molar-refractivity contribution in [3.63, 3.8) is 0 Å². The van der Waals surface area contributed by atoms with Gasteiger partial charge in [-0.2, -0.15) is 0 Å². The minimum atomic E-state index is -0.927. The van der Waals surface area contributed by atoms with Gasteiger partial charge in [0.2, 0.25) is 0 Å². The summed E-state index contributed by atoms with van der Waals surface area (Å²) in [6.07, 6.45) is 1.57. The smallest absolute Gasteiger partial charge is 0.318 e. The van der Waals surface area contributed by atoms with E-state index in [0.29, 0.717) is 56.6 Å². The lowest BCUT2D eigenvalue weighted by molar-refractivity contribution is -0.138. The first-order valence-corrected chi connectivity index (χ1v) is 9.38. The summed E-state index contributed by atoms with van der Waals surface area (Å²) in [4.78, 5) is 26.7. The molecule has 1 aliphatic heterocycles. The Hall–Kier alpha value is -2.26. The van der Waals surface area contributed by atoms with E-state index in [-0.39, 0.29) is 18.7 Å². The Bertz CT molecular complexity index is 746. The zero-order chi connectivity index (χ0) is 20.3. The third-order valence-electron chi connectivity index (χ3n) is 5.13. The van der Waals surface area contributed by atoms with Gasteiger partial charge in [0, 0.05) is 25.7 Å². The highest BCUT2D eigenvalue weighted by Gasteiger charge is 2.29. The second kappa shape index (κ2) is 8.83. The fourth-order valence-electron chi connectivity index (χ4n) is 3.88. The van der Waals surface area contributed by atoms with E-state index in [0.717, 1.165) is 6.07 Å². The second-order valence-electron chi connectivity index (χ2n) is 7.38. The van der Waals surface area contributed by atoms with E-state index in [4.69, 9.17) is 9.84 Å². The molecule has 2 aliphatic rings. The number of halogens is 2. The lowest BCUT2D eigenvalue weighted by atomic mass is 9.87. The molecule has 1 aromatic carbocycles. The van der Waals surface area contributed by atoms with Crippen LogP contribution >= 0.6 is 0 Å².